The molecule has 0 unspecified atom stereocenters. The van der Waals surface area contributed by atoms with Gasteiger partial charge >= 0.3 is 0 Å². The number of nitro benzene ring substituents is 1. The average molecular weight is 238 g/mol. The molecule has 0 heterocycles. The standard InChI is InChI=1S/C11H8ClNO3/c1-16-10-5-2-7-6-8(13(14)15)3-4-9(7)11(10)12/h2-6H,1H3. The van der Waals surface area contributed by atoms with Crippen LogP contribution in [0.5, 0.6) is 5.75 Å². The molecule has 0 aliphatic rings. The maximum Gasteiger partial charge on any atom is 0.270 e. The van der Waals surface area contributed by atoms with E-state index in [1.54, 1.807) is 18.2 Å². The van der Waals surface area contributed by atoms with Gasteiger partial charge in [0.1, 0.15) is 5.75 Å². The molecule has 2 aromatic rings. The van der Waals surface area contributed by atoms with Crippen LogP contribution in [0.3, 0.4) is 0 Å². The number of nitrogens with zero attached hydrogens (tertiary/aromatic N) is 1. The minimum absolute atomic E-state index is 0.0498. The number of hydrogen-bond donors (Lipinski definition) is 0. The number of hydrogen-bond acceptors (Lipinski definition) is 3. The lowest BCUT2D eigenvalue weighted by atomic mass is 10.1. The molecule has 4 nitrogen and oxygen atoms in total. The van der Waals surface area contributed by atoms with Crippen LogP contribution in [0.2, 0.25) is 5.02 Å². The van der Waals surface area contributed by atoms with Crippen LogP contribution in [0.25, 0.3) is 10.8 Å². The number of rotatable bonds is 2. The predicted octanol–water partition coefficient (Wildman–Crippen LogP) is 3.41. The van der Waals surface area contributed by atoms with Crippen molar-refractivity contribution in [3.8, 4) is 5.75 Å². The van der Waals surface area contributed by atoms with Crippen molar-refractivity contribution in [2.75, 3.05) is 7.11 Å². The molecule has 0 aliphatic carbocycles. The van der Waals surface area contributed by atoms with E-state index in [9.17, 15) is 10.1 Å². The van der Waals surface area contributed by atoms with Crippen molar-refractivity contribution in [3.05, 3.63) is 45.5 Å². The lowest BCUT2D eigenvalue weighted by molar-refractivity contribution is -0.384. The lowest BCUT2D eigenvalue weighted by Gasteiger charge is -2.05. The summed E-state index contributed by atoms with van der Waals surface area (Å²) in [5, 5.41) is 12.5. The SMILES string of the molecule is COc1ccc2cc([N+](=O)[O-])ccc2c1Cl. The van der Waals surface area contributed by atoms with Gasteiger partial charge in [-0.3, -0.25) is 10.1 Å². The summed E-state index contributed by atoms with van der Waals surface area (Å²) in [6.07, 6.45) is 0. The molecule has 0 N–H and O–H groups in total. The first-order chi connectivity index (χ1) is 7.63. The van der Waals surface area contributed by atoms with E-state index >= 15 is 0 Å². The Balaban J connectivity index is 2.69. The molecule has 5 heteroatoms. The summed E-state index contributed by atoms with van der Waals surface area (Å²) in [6.45, 7) is 0. The summed E-state index contributed by atoms with van der Waals surface area (Å²) in [6, 6.07) is 7.97. The van der Waals surface area contributed by atoms with Crippen LogP contribution in [0.4, 0.5) is 5.69 Å². The summed E-state index contributed by atoms with van der Waals surface area (Å²) < 4.78 is 5.06. The number of ether oxygens (including phenoxy) is 1. The van der Waals surface area contributed by atoms with Gasteiger partial charge in [0.15, 0.2) is 0 Å². The van der Waals surface area contributed by atoms with Gasteiger partial charge in [-0.2, -0.15) is 0 Å². The van der Waals surface area contributed by atoms with Gasteiger partial charge in [-0.1, -0.05) is 17.7 Å². The minimum atomic E-state index is -0.433. The van der Waals surface area contributed by atoms with Gasteiger partial charge in [-0.15, -0.1) is 0 Å². The number of benzene rings is 2. The van der Waals surface area contributed by atoms with Gasteiger partial charge in [0.2, 0.25) is 0 Å². The Morgan fingerprint density at radius 2 is 2.06 bits per heavy atom. The van der Waals surface area contributed by atoms with Crippen molar-refractivity contribution in [2.45, 2.75) is 0 Å². The summed E-state index contributed by atoms with van der Waals surface area (Å²) in [5.41, 5.74) is 0.0498. The smallest absolute Gasteiger partial charge is 0.270 e. The maximum absolute atomic E-state index is 10.6. The third-order valence-electron chi connectivity index (χ3n) is 2.33. The van der Waals surface area contributed by atoms with Crippen LogP contribution in [0, 0.1) is 10.1 Å². The molecule has 0 atom stereocenters. The fourth-order valence-electron chi connectivity index (χ4n) is 1.53. The Hall–Kier alpha value is -1.81. The Morgan fingerprint density at radius 1 is 1.31 bits per heavy atom. The number of non-ortho nitro benzene ring substituents is 1. The van der Waals surface area contributed by atoms with E-state index in [0.717, 1.165) is 10.8 Å². The average Bonchev–Trinajstić information content (AvgIpc) is 2.29. The van der Waals surface area contributed by atoms with Crippen LogP contribution < -0.4 is 4.74 Å². The van der Waals surface area contributed by atoms with Crippen molar-refractivity contribution in [3.63, 3.8) is 0 Å². The molecule has 16 heavy (non-hydrogen) atoms. The monoisotopic (exact) mass is 237 g/mol. The Kier molecular flexibility index (Phi) is 2.66. The van der Waals surface area contributed by atoms with Gasteiger partial charge in [0.05, 0.1) is 17.1 Å². The van der Waals surface area contributed by atoms with Crippen LogP contribution in [0.15, 0.2) is 30.3 Å². The summed E-state index contributed by atoms with van der Waals surface area (Å²) >= 11 is 6.08. The van der Waals surface area contributed by atoms with Crippen molar-refractivity contribution in [2.24, 2.45) is 0 Å². The van der Waals surface area contributed by atoms with Crippen LogP contribution in [-0.4, -0.2) is 12.0 Å². The summed E-state index contributed by atoms with van der Waals surface area (Å²) in [7, 11) is 1.53. The highest BCUT2D eigenvalue weighted by Crippen LogP contribution is 2.34. The van der Waals surface area contributed by atoms with Crippen LogP contribution in [-0.2, 0) is 0 Å². The van der Waals surface area contributed by atoms with Crippen LogP contribution >= 0.6 is 11.6 Å². The third-order valence-corrected chi connectivity index (χ3v) is 2.72. The highest BCUT2D eigenvalue weighted by molar-refractivity contribution is 6.37. The van der Waals surface area contributed by atoms with E-state index in [0.29, 0.717) is 10.8 Å². The molecule has 0 spiro atoms. The molecule has 0 amide bonds. The first-order valence-electron chi connectivity index (χ1n) is 4.54. The van der Waals surface area contributed by atoms with Gasteiger partial charge in [0.25, 0.3) is 5.69 Å². The van der Waals surface area contributed by atoms with E-state index in [-0.39, 0.29) is 5.69 Å². The Labute approximate surface area is 96.5 Å². The van der Waals surface area contributed by atoms with Gasteiger partial charge in [-0.25, -0.2) is 0 Å². The zero-order chi connectivity index (χ0) is 11.7. The zero-order valence-electron chi connectivity index (χ0n) is 8.44. The van der Waals surface area contributed by atoms with Crippen molar-refractivity contribution < 1.29 is 9.66 Å². The molecule has 0 aromatic heterocycles. The molecule has 0 fully saturated rings. The molecular formula is C11H8ClNO3. The maximum atomic E-state index is 10.6. The first-order valence-corrected chi connectivity index (χ1v) is 4.92. The van der Waals surface area contributed by atoms with Crippen molar-refractivity contribution in [1.82, 2.24) is 0 Å². The van der Waals surface area contributed by atoms with Gasteiger partial charge in [-0.05, 0) is 17.5 Å². The number of nitro groups is 1. The predicted molar refractivity (Wildman–Crippen MR) is 62.2 cm³/mol. The van der Waals surface area contributed by atoms with E-state index in [4.69, 9.17) is 16.3 Å². The molecule has 2 rings (SSSR count). The van der Waals surface area contributed by atoms with E-state index < -0.39 is 4.92 Å². The molecule has 0 saturated carbocycles. The van der Waals surface area contributed by atoms with E-state index in [1.165, 1.54) is 19.2 Å². The molecular weight excluding hydrogens is 230 g/mol. The van der Waals surface area contributed by atoms with Gasteiger partial charge in [0, 0.05) is 17.5 Å². The molecule has 2 aromatic carbocycles. The van der Waals surface area contributed by atoms with E-state index in [1.807, 2.05) is 0 Å². The van der Waals surface area contributed by atoms with Gasteiger partial charge < -0.3 is 4.74 Å². The van der Waals surface area contributed by atoms with E-state index in [2.05, 4.69) is 0 Å². The number of halogens is 1. The second kappa shape index (κ2) is 3.98. The number of fused-ring (bicyclic) bond motifs is 1. The number of methoxy groups -OCH3 is 1. The first kappa shape index (κ1) is 10.7. The molecule has 0 bridgehead atoms. The summed E-state index contributed by atoms with van der Waals surface area (Å²) in [5.74, 6) is 0.558. The quantitative estimate of drug-likeness (QED) is 0.594. The molecule has 0 saturated heterocycles. The van der Waals surface area contributed by atoms with Crippen molar-refractivity contribution >= 4 is 28.1 Å². The Bertz CT molecular complexity index is 568. The minimum Gasteiger partial charge on any atom is -0.495 e. The van der Waals surface area contributed by atoms with Crippen molar-refractivity contribution in [1.29, 1.82) is 0 Å². The largest absolute Gasteiger partial charge is 0.495 e. The lowest BCUT2D eigenvalue weighted by Crippen LogP contribution is -1.89. The van der Waals surface area contributed by atoms with Crippen LogP contribution in [0.1, 0.15) is 0 Å². The normalized spacial score (nSPS) is 10.4. The molecule has 0 aliphatic heterocycles. The highest BCUT2D eigenvalue weighted by atomic mass is 35.5. The Morgan fingerprint density at radius 3 is 2.69 bits per heavy atom. The summed E-state index contributed by atoms with van der Waals surface area (Å²) in [4.78, 5) is 10.2. The second-order valence-electron chi connectivity index (χ2n) is 3.24. The highest BCUT2D eigenvalue weighted by Gasteiger charge is 2.10. The second-order valence-corrected chi connectivity index (χ2v) is 3.62. The zero-order valence-corrected chi connectivity index (χ0v) is 9.19. The molecule has 0 radical (unpaired) electrons. The fraction of sp³-hybridized carbons (Fsp3) is 0.0909. The third kappa shape index (κ3) is 1.67. The molecule has 82 valence electrons. The topological polar surface area (TPSA) is 52.4 Å². The fourth-order valence-corrected chi connectivity index (χ4v) is 1.84.